The molecule has 3 aromatic rings. The average Bonchev–Trinajstić information content (AvgIpc) is 2.61. The average molecular weight is 312 g/mol. The van der Waals surface area contributed by atoms with Crippen LogP contribution in [0.5, 0.6) is 0 Å². The minimum absolute atomic E-state index is 1.03. The molecule has 0 radical (unpaired) electrons. The van der Waals surface area contributed by atoms with Crippen LogP contribution in [0, 0.1) is 13.8 Å². The normalized spacial score (nSPS) is 10.6. The molecule has 0 saturated heterocycles. The largest absolute Gasteiger partial charge is 0.103 e. The smallest absolute Gasteiger partial charge is 0.0155 e. The Hall–Kier alpha value is -2.60. The molecule has 0 atom stereocenters. The van der Waals surface area contributed by atoms with Gasteiger partial charge in [0.2, 0.25) is 0 Å². The third-order valence-corrected chi connectivity index (χ3v) is 4.50. The van der Waals surface area contributed by atoms with E-state index in [1.807, 2.05) is 6.08 Å². The zero-order valence-corrected chi connectivity index (χ0v) is 14.5. The van der Waals surface area contributed by atoms with Crippen LogP contribution in [-0.4, -0.2) is 0 Å². The highest BCUT2D eigenvalue weighted by atomic mass is 14.1. The lowest BCUT2D eigenvalue weighted by atomic mass is 9.96. The van der Waals surface area contributed by atoms with Crippen LogP contribution in [0.15, 0.2) is 79.4 Å². The summed E-state index contributed by atoms with van der Waals surface area (Å²) in [5.41, 5.74) is 9.12. The molecule has 24 heavy (non-hydrogen) atoms. The quantitative estimate of drug-likeness (QED) is 0.457. The van der Waals surface area contributed by atoms with Gasteiger partial charge in [-0.15, -0.1) is 6.58 Å². The summed E-state index contributed by atoms with van der Waals surface area (Å²) in [5, 5.41) is 0. The highest BCUT2D eigenvalue weighted by molar-refractivity contribution is 5.72. The Kier molecular flexibility index (Phi) is 4.96. The van der Waals surface area contributed by atoms with Gasteiger partial charge in [0.05, 0.1) is 0 Å². The van der Waals surface area contributed by atoms with E-state index < -0.39 is 0 Å². The SMILES string of the molecule is C=CCCc1ccc(-c2ccc(-c3ccc(C)cc3C)cc2)cc1. The summed E-state index contributed by atoms with van der Waals surface area (Å²) in [5.74, 6) is 0. The predicted octanol–water partition coefficient (Wildman–Crippen LogP) is 6.76. The number of rotatable bonds is 5. The second-order valence-electron chi connectivity index (χ2n) is 6.42. The first kappa shape index (κ1) is 16.3. The Balaban J connectivity index is 1.82. The monoisotopic (exact) mass is 312 g/mol. The molecule has 0 spiro atoms. The summed E-state index contributed by atoms with van der Waals surface area (Å²) in [6, 6.07) is 24.4. The molecule has 0 heterocycles. The Labute approximate surface area is 145 Å². The van der Waals surface area contributed by atoms with Crippen LogP contribution >= 0.6 is 0 Å². The van der Waals surface area contributed by atoms with E-state index in [1.54, 1.807) is 0 Å². The third kappa shape index (κ3) is 3.65. The summed E-state index contributed by atoms with van der Waals surface area (Å²) < 4.78 is 0. The van der Waals surface area contributed by atoms with Crippen LogP contribution in [0.4, 0.5) is 0 Å². The van der Waals surface area contributed by atoms with Crippen LogP contribution < -0.4 is 0 Å². The maximum absolute atomic E-state index is 3.79. The van der Waals surface area contributed by atoms with Gasteiger partial charge in [-0.05, 0) is 60.1 Å². The van der Waals surface area contributed by atoms with Crippen molar-refractivity contribution < 1.29 is 0 Å². The zero-order valence-electron chi connectivity index (χ0n) is 14.5. The van der Waals surface area contributed by atoms with E-state index in [0.717, 1.165) is 12.8 Å². The van der Waals surface area contributed by atoms with E-state index in [2.05, 4.69) is 87.2 Å². The van der Waals surface area contributed by atoms with Crippen LogP contribution in [0.25, 0.3) is 22.3 Å². The van der Waals surface area contributed by atoms with Gasteiger partial charge >= 0.3 is 0 Å². The fourth-order valence-electron chi connectivity index (χ4n) is 3.11. The van der Waals surface area contributed by atoms with Crippen molar-refractivity contribution in [1.29, 1.82) is 0 Å². The van der Waals surface area contributed by atoms with E-state index in [0.29, 0.717) is 0 Å². The first-order valence-corrected chi connectivity index (χ1v) is 8.55. The van der Waals surface area contributed by atoms with Gasteiger partial charge in [0, 0.05) is 0 Å². The van der Waals surface area contributed by atoms with Gasteiger partial charge < -0.3 is 0 Å². The Morgan fingerprint density at radius 2 is 1.33 bits per heavy atom. The molecule has 3 rings (SSSR count). The van der Waals surface area contributed by atoms with Gasteiger partial charge in [0.1, 0.15) is 0 Å². The van der Waals surface area contributed by atoms with Crippen LogP contribution in [0.1, 0.15) is 23.1 Å². The summed E-state index contributed by atoms with van der Waals surface area (Å²) in [7, 11) is 0. The van der Waals surface area contributed by atoms with Gasteiger partial charge in [0.15, 0.2) is 0 Å². The van der Waals surface area contributed by atoms with Gasteiger partial charge in [-0.1, -0.05) is 78.4 Å². The molecule has 0 fully saturated rings. The van der Waals surface area contributed by atoms with Crippen molar-refractivity contribution in [3.63, 3.8) is 0 Å². The molecule has 120 valence electrons. The first-order valence-electron chi connectivity index (χ1n) is 8.55. The molecule has 0 N–H and O–H groups in total. The highest BCUT2D eigenvalue weighted by Gasteiger charge is 2.03. The van der Waals surface area contributed by atoms with E-state index >= 15 is 0 Å². The van der Waals surface area contributed by atoms with Gasteiger partial charge in [-0.25, -0.2) is 0 Å². The molecule has 0 aliphatic carbocycles. The van der Waals surface area contributed by atoms with Crippen molar-refractivity contribution >= 4 is 0 Å². The number of benzene rings is 3. The minimum atomic E-state index is 1.03. The van der Waals surface area contributed by atoms with Gasteiger partial charge in [-0.2, -0.15) is 0 Å². The topological polar surface area (TPSA) is 0 Å². The van der Waals surface area contributed by atoms with Crippen LogP contribution in [0.3, 0.4) is 0 Å². The standard InChI is InChI=1S/C24H24/c1-4-5-6-20-8-10-21(11-9-20)22-12-14-23(15-13-22)24-16-7-18(2)17-19(24)3/h4,7-17H,1,5-6H2,2-3H3. The molecular formula is C24H24. The Morgan fingerprint density at radius 3 is 1.92 bits per heavy atom. The molecule has 0 saturated carbocycles. The minimum Gasteiger partial charge on any atom is -0.103 e. The van der Waals surface area contributed by atoms with Gasteiger partial charge in [-0.3, -0.25) is 0 Å². The molecule has 0 amide bonds. The molecular weight excluding hydrogens is 288 g/mol. The van der Waals surface area contributed by atoms with Crippen molar-refractivity contribution in [2.24, 2.45) is 0 Å². The fraction of sp³-hybridized carbons (Fsp3) is 0.167. The van der Waals surface area contributed by atoms with Crippen molar-refractivity contribution in [2.45, 2.75) is 26.7 Å². The second kappa shape index (κ2) is 7.31. The maximum atomic E-state index is 3.79. The second-order valence-corrected chi connectivity index (χ2v) is 6.42. The van der Waals surface area contributed by atoms with E-state index in [1.165, 1.54) is 38.9 Å². The lowest BCUT2D eigenvalue weighted by Gasteiger charge is -2.09. The van der Waals surface area contributed by atoms with Crippen LogP contribution in [-0.2, 0) is 6.42 Å². The molecule has 0 aliphatic heterocycles. The van der Waals surface area contributed by atoms with Crippen molar-refractivity contribution in [3.05, 3.63) is 96.1 Å². The van der Waals surface area contributed by atoms with Gasteiger partial charge in [0.25, 0.3) is 0 Å². The fourth-order valence-corrected chi connectivity index (χ4v) is 3.11. The lowest BCUT2D eigenvalue weighted by Crippen LogP contribution is -1.86. The van der Waals surface area contributed by atoms with Crippen molar-refractivity contribution in [1.82, 2.24) is 0 Å². The summed E-state index contributed by atoms with van der Waals surface area (Å²) in [6.07, 6.45) is 4.07. The molecule has 0 heteroatoms. The third-order valence-electron chi connectivity index (χ3n) is 4.50. The van der Waals surface area contributed by atoms with E-state index in [-0.39, 0.29) is 0 Å². The summed E-state index contributed by atoms with van der Waals surface area (Å²) >= 11 is 0. The predicted molar refractivity (Wildman–Crippen MR) is 105 cm³/mol. The van der Waals surface area contributed by atoms with E-state index in [4.69, 9.17) is 0 Å². The van der Waals surface area contributed by atoms with Crippen molar-refractivity contribution in [2.75, 3.05) is 0 Å². The molecule has 0 aliphatic rings. The Morgan fingerprint density at radius 1 is 0.750 bits per heavy atom. The number of allylic oxidation sites excluding steroid dienone is 1. The number of hydrogen-bond donors (Lipinski definition) is 0. The first-order chi connectivity index (χ1) is 11.7. The summed E-state index contributed by atoms with van der Waals surface area (Å²) in [6.45, 7) is 8.10. The number of hydrogen-bond acceptors (Lipinski definition) is 0. The molecule has 0 nitrogen and oxygen atoms in total. The Bertz CT molecular complexity index is 821. The highest BCUT2D eigenvalue weighted by Crippen LogP contribution is 2.27. The van der Waals surface area contributed by atoms with E-state index in [9.17, 15) is 0 Å². The summed E-state index contributed by atoms with van der Waals surface area (Å²) in [4.78, 5) is 0. The van der Waals surface area contributed by atoms with Crippen LogP contribution in [0.2, 0.25) is 0 Å². The maximum Gasteiger partial charge on any atom is -0.0155 e. The number of aryl methyl sites for hydroxylation is 3. The lowest BCUT2D eigenvalue weighted by molar-refractivity contribution is 1.00. The molecule has 0 aromatic heterocycles. The zero-order chi connectivity index (χ0) is 16.9. The van der Waals surface area contributed by atoms with Crippen molar-refractivity contribution in [3.8, 4) is 22.3 Å². The molecule has 3 aromatic carbocycles. The molecule has 0 bridgehead atoms. The molecule has 0 unspecified atom stereocenters.